The molecule has 1 saturated carbocycles. The molecule has 0 N–H and O–H groups in total. The molecule has 0 bridgehead atoms. The Balaban J connectivity index is 2.36. The van der Waals surface area contributed by atoms with E-state index in [1.165, 1.54) is 20.0 Å². The van der Waals surface area contributed by atoms with Crippen LogP contribution in [0.5, 0.6) is 5.88 Å². The van der Waals surface area contributed by atoms with Crippen LogP contribution >= 0.6 is 0 Å². The second-order valence-electron chi connectivity index (χ2n) is 3.23. The summed E-state index contributed by atoms with van der Waals surface area (Å²) >= 11 is 0. The fourth-order valence-corrected chi connectivity index (χ4v) is 1.33. The fourth-order valence-electron chi connectivity index (χ4n) is 1.33. The number of hydrogen-bond donors (Lipinski definition) is 0. The highest BCUT2D eigenvalue weighted by molar-refractivity contribution is 5.78. The quantitative estimate of drug-likeness (QED) is 0.660. The second kappa shape index (κ2) is 3.17. The topological polar surface area (TPSA) is 39.2 Å². The largest absolute Gasteiger partial charge is 0.480 e. The summed E-state index contributed by atoms with van der Waals surface area (Å²) in [7, 11) is 1.53. The minimum absolute atomic E-state index is 0.444. The standard InChI is InChI=1S/C10H11NO2/c1-13-10-8(6-12)4-5-9(11-10)7-2-3-7/h4-7H,2-3H2,1H3. The van der Waals surface area contributed by atoms with Crippen LogP contribution in [0.2, 0.25) is 0 Å². The third kappa shape index (κ3) is 1.54. The van der Waals surface area contributed by atoms with Crippen molar-refractivity contribution in [1.82, 2.24) is 4.98 Å². The minimum atomic E-state index is 0.444. The molecule has 1 aromatic heterocycles. The van der Waals surface area contributed by atoms with Crippen LogP contribution in [0.3, 0.4) is 0 Å². The molecule has 1 heterocycles. The Labute approximate surface area is 76.7 Å². The summed E-state index contributed by atoms with van der Waals surface area (Å²) in [6.07, 6.45) is 3.18. The first-order valence-electron chi connectivity index (χ1n) is 4.35. The van der Waals surface area contributed by atoms with Crippen molar-refractivity contribution >= 4 is 6.29 Å². The van der Waals surface area contributed by atoms with Gasteiger partial charge in [0.05, 0.1) is 12.7 Å². The van der Waals surface area contributed by atoms with E-state index < -0.39 is 0 Å². The summed E-state index contributed by atoms with van der Waals surface area (Å²) in [5.74, 6) is 1.04. The summed E-state index contributed by atoms with van der Waals surface area (Å²) in [6.45, 7) is 0. The second-order valence-corrected chi connectivity index (χ2v) is 3.23. The van der Waals surface area contributed by atoms with E-state index in [1.807, 2.05) is 6.07 Å². The minimum Gasteiger partial charge on any atom is -0.480 e. The molecule has 0 aromatic carbocycles. The van der Waals surface area contributed by atoms with E-state index >= 15 is 0 Å². The first kappa shape index (κ1) is 8.23. The van der Waals surface area contributed by atoms with Crippen molar-refractivity contribution in [3.8, 4) is 5.88 Å². The number of aldehydes is 1. The third-order valence-electron chi connectivity index (χ3n) is 2.23. The van der Waals surface area contributed by atoms with E-state index in [0.717, 1.165) is 12.0 Å². The Bertz CT molecular complexity index is 332. The average molecular weight is 177 g/mol. The van der Waals surface area contributed by atoms with Crippen LogP contribution in [0.25, 0.3) is 0 Å². The van der Waals surface area contributed by atoms with E-state index in [-0.39, 0.29) is 0 Å². The highest BCUT2D eigenvalue weighted by Crippen LogP contribution is 2.39. The summed E-state index contributed by atoms with van der Waals surface area (Å²) < 4.78 is 5.01. The molecule has 1 aromatic rings. The van der Waals surface area contributed by atoms with Gasteiger partial charge in [0.25, 0.3) is 0 Å². The van der Waals surface area contributed by atoms with E-state index in [2.05, 4.69) is 4.98 Å². The van der Waals surface area contributed by atoms with Gasteiger partial charge in [0, 0.05) is 11.6 Å². The molecule has 13 heavy (non-hydrogen) atoms. The first-order chi connectivity index (χ1) is 6.35. The van der Waals surface area contributed by atoms with Gasteiger partial charge in [-0.1, -0.05) is 0 Å². The molecule has 1 fully saturated rings. The molecular formula is C10H11NO2. The van der Waals surface area contributed by atoms with Crippen molar-refractivity contribution in [3.05, 3.63) is 23.4 Å². The maximum absolute atomic E-state index is 10.6. The van der Waals surface area contributed by atoms with Crippen LogP contribution in [-0.4, -0.2) is 18.4 Å². The van der Waals surface area contributed by atoms with Crippen molar-refractivity contribution < 1.29 is 9.53 Å². The molecule has 3 heteroatoms. The molecule has 3 nitrogen and oxygen atoms in total. The molecule has 0 spiro atoms. The Hall–Kier alpha value is -1.38. The number of rotatable bonds is 3. The van der Waals surface area contributed by atoms with Crippen LogP contribution in [0.15, 0.2) is 12.1 Å². The molecule has 0 atom stereocenters. The van der Waals surface area contributed by atoms with Crippen molar-refractivity contribution in [2.45, 2.75) is 18.8 Å². The van der Waals surface area contributed by atoms with Gasteiger partial charge in [0.15, 0.2) is 6.29 Å². The molecule has 0 saturated heterocycles. The van der Waals surface area contributed by atoms with Crippen molar-refractivity contribution in [2.24, 2.45) is 0 Å². The van der Waals surface area contributed by atoms with E-state index in [9.17, 15) is 4.79 Å². The number of pyridine rings is 1. The van der Waals surface area contributed by atoms with Gasteiger partial charge in [-0.05, 0) is 25.0 Å². The van der Waals surface area contributed by atoms with Crippen LogP contribution in [0.1, 0.15) is 34.8 Å². The zero-order valence-electron chi connectivity index (χ0n) is 7.49. The molecule has 1 aliphatic rings. The monoisotopic (exact) mass is 177 g/mol. The van der Waals surface area contributed by atoms with Gasteiger partial charge in [0.2, 0.25) is 5.88 Å². The third-order valence-corrected chi connectivity index (χ3v) is 2.23. The molecule has 2 rings (SSSR count). The zero-order valence-corrected chi connectivity index (χ0v) is 7.49. The Morgan fingerprint density at radius 2 is 2.31 bits per heavy atom. The Kier molecular flexibility index (Phi) is 2.00. The maximum atomic E-state index is 10.6. The molecule has 0 amide bonds. The molecule has 1 aliphatic carbocycles. The lowest BCUT2D eigenvalue weighted by Crippen LogP contribution is -1.96. The normalized spacial score (nSPS) is 15.5. The molecule has 0 radical (unpaired) electrons. The number of ether oxygens (including phenoxy) is 1. The van der Waals surface area contributed by atoms with Crippen LogP contribution in [0.4, 0.5) is 0 Å². The maximum Gasteiger partial charge on any atom is 0.224 e. The van der Waals surface area contributed by atoms with E-state index in [4.69, 9.17) is 4.74 Å². The number of methoxy groups -OCH3 is 1. The molecule has 68 valence electrons. The van der Waals surface area contributed by atoms with Crippen molar-refractivity contribution in [1.29, 1.82) is 0 Å². The lowest BCUT2D eigenvalue weighted by atomic mass is 10.2. The van der Waals surface area contributed by atoms with Gasteiger partial charge in [-0.15, -0.1) is 0 Å². The van der Waals surface area contributed by atoms with Crippen molar-refractivity contribution in [2.75, 3.05) is 7.11 Å². The number of hydrogen-bond acceptors (Lipinski definition) is 3. The lowest BCUT2D eigenvalue weighted by Gasteiger charge is -2.04. The number of nitrogens with zero attached hydrogens (tertiary/aromatic N) is 1. The zero-order chi connectivity index (χ0) is 9.26. The van der Waals surface area contributed by atoms with Crippen LogP contribution in [0, 0.1) is 0 Å². The van der Waals surface area contributed by atoms with E-state index in [0.29, 0.717) is 17.4 Å². The predicted molar refractivity (Wildman–Crippen MR) is 48.2 cm³/mol. The summed E-state index contributed by atoms with van der Waals surface area (Å²) in [6, 6.07) is 3.68. The number of carbonyl (C=O) groups is 1. The predicted octanol–water partition coefficient (Wildman–Crippen LogP) is 1.78. The highest BCUT2D eigenvalue weighted by atomic mass is 16.5. The van der Waals surface area contributed by atoms with Gasteiger partial charge >= 0.3 is 0 Å². The summed E-state index contributed by atoms with van der Waals surface area (Å²) in [5, 5.41) is 0. The van der Waals surface area contributed by atoms with Crippen molar-refractivity contribution in [3.63, 3.8) is 0 Å². The van der Waals surface area contributed by atoms with Crippen LogP contribution in [-0.2, 0) is 0 Å². The van der Waals surface area contributed by atoms with E-state index in [1.54, 1.807) is 6.07 Å². The van der Waals surface area contributed by atoms with Crippen LogP contribution < -0.4 is 4.74 Å². The van der Waals surface area contributed by atoms with Gasteiger partial charge in [0.1, 0.15) is 0 Å². The Morgan fingerprint density at radius 3 is 2.85 bits per heavy atom. The summed E-state index contributed by atoms with van der Waals surface area (Å²) in [4.78, 5) is 14.8. The fraction of sp³-hybridized carbons (Fsp3) is 0.400. The SMILES string of the molecule is COc1nc(C2CC2)ccc1C=O. The molecule has 0 aliphatic heterocycles. The Morgan fingerprint density at radius 1 is 1.54 bits per heavy atom. The number of aromatic nitrogens is 1. The van der Waals surface area contributed by atoms with Gasteiger partial charge in [-0.2, -0.15) is 0 Å². The first-order valence-corrected chi connectivity index (χ1v) is 4.35. The molecular weight excluding hydrogens is 166 g/mol. The highest BCUT2D eigenvalue weighted by Gasteiger charge is 2.25. The smallest absolute Gasteiger partial charge is 0.224 e. The van der Waals surface area contributed by atoms with Gasteiger partial charge < -0.3 is 4.74 Å². The summed E-state index contributed by atoms with van der Waals surface area (Å²) in [5.41, 5.74) is 1.56. The number of carbonyl (C=O) groups excluding carboxylic acids is 1. The lowest BCUT2D eigenvalue weighted by molar-refractivity contribution is 0.112. The molecule has 0 unspecified atom stereocenters. The average Bonchev–Trinajstić information content (AvgIpc) is 3.00. The van der Waals surface area contributed by atoms with Gasteiger partial charge in [-0.25, -0.2) is 4.98 Å². The van der Waals surface area contributed by atoms with Gasteiger partial charge in [-0.3, -0.25) is 4.79 Å².